The Hall–Kier alpha value is -1.43. The van der Waals surface area contributed by atoms with Gasteiger partial charge in [-0.05, 0) is 37.9 Å². The van der Waals surface area contributed by atoms with Gasteiger partial charge in [-0.25, -0.2) is 0 Å². The Morgan fingerprint density at radius 3 is 2.67 bits per heavy atom. The summed E-state index contributed by atoms with van der Waals surface area (Å²) in [4.78, 5) is 14.8. The van der Waals surface area contributed by atoms with Crippen molar-refractivity contribution in [3.05, 3.63) is 35.9 Å². The number of ether oxygens (including phenoxy) is 2. The molecule has 1 amide bonds. The summed E-state index contributed by atoms with van der Waals surface area (Å²) in [5.74, 6) is 0.349. The maximum Gasteiger partial charge on any atom is 0.223 e. The number of carbonyl (C=O) groups is 1. The second kappa shape index (κ2) is 9.16. The molecule has 2 fully saturated rings. The molecule has 1 unspecified atom stereocenters. The van der Waals surface area contributed by atoms with Crippen molar-refractivity contribution in [3.63, 3.8) is 0 Å². The standard InChI is InChI=1S/C19H28N2O3/c22-19(20-14-16-4-2-1-3-5-16)17-6-9-21(10-7-17)11-8-18-15-23-12-13-24-18/h1-5,17-18H,6-15H2,(H,20,22). The molecule has 0 saturated carbocycles. The molecular weight excluding hydrogens is 304 g/mol. The summed E-state index contributed by atoms with van der Waals surface area (Å²) in [5, 5.41) is 3.07. The van der Waals surface area contributed by atoms with Crippen molar-refractivity contribution >= 4 is 5.91 Å². The van der Waals surface area contributed by atoms with E-state index >= 15 is 0 Å². The van der Waals surface area contributed by atoms with Gasteiger partial charge in [-0.1, -0.05) is 30.3 Å². The molecule has 0 aromatic heterocycles. The minimum absolute atomic E-state index is 0.152. The Balaban J connectivity index is 1.33. The number of hydrogen-bond acceptors (Lipinski definition) is 4. The van der Waals surface area contributed by atoms with Crippen LogP contribution in [0.5, 0.6) is 0 Å². The molecule has 2 saturated heterocycles. The summed E-state index contributed by atoms with van der Waals surface area (Å²) in [6.45, 7) is 5.81. The van der Waals surface area contributed by atoms with E-state index in [1.807, 2.05) is 30.3 Å². The van der Waals surface area contributed by atoms with Crippen LogP contribution in [-0.2, 0) is 20.8 Å². The molecule has 5 nitrogen and oxygen atoms in total. The van der Waals surface area contributed by atoms with Crippen molar-refractivity contribution < 1.29 is 14.3 Å². The fourth-order valence-corrected chi connectivity index (χ4v) is 3.38. The van der Waals surface area contributed by atoms with Crippen LogP contribution in [0.2, 0.25) is 0 Å². The number of rotatable bonds is 6. The molecule has 2 aliphatic heterocycles. The molecule has 3 rings (SSSR count). The van der Waals surface area contributed by atoms with Crippen LogP contribution in [0.4, 0.5) is 0 Å². The smallest absolute Gasteiger partial charge is 0.223 e. The van der Waals surface area contributed by atoms with Crippen molar-refractivity contribution in [3.8, 4) is 0 Å². The first-order valence-electron chi connectivity index (χ1n) is 9.04. The van der Waals surface area contributed by atoms with Crippen LogP contribution in [0, 0.1) is 5.92 Å². The third-order valence-electron chi connectivity index (χ3n) is 4.92. The number of hydrogen-bond donors (Lipinski definition) is 1. The molecule has 24 heavy (non-hydrogen) atoms. The number of benzene rings is 1. The minimum atomic E-state index is 0.152. The van der Waals surface area contributed by atoms with Crippen molar-refractivity contribution in [2.75, 3.05) is 39.5 Å². The maximum atomic E-state index is 12.3. The average molecular weight is 332 g/mol. The van der Waals surface area contributed by atoms with Gasteiger partial charge in [0.15, 0.2) is 0 Å². The molecule has 0 aliphatic carbocycles. The number of piperidine rings is 1. The Bertz CT molecular complexity index is 495. The first-order chi connectivity index (χ1) is 11.8. The van der Waals surface area contributed by atoms with Crippen molar-refractivity contribution in [2.24, 2.45) is 5.92 Å². The summed E-state index contributed by atoms with van der Waals surface area (Å²) in [7, 11) is 0. The van der Waals surface area contributed by atoms with Crippen molar-refractivity contribution in [1.29, 1.82) is 0 Å². The third kappa shape index (κ3) is 5.30. The van der Waals surface area contributed by atoms with Gasteiger partial charge in [-0.15, -0.1) is 0 Å². The Labute approximate surface area is 144 Å². The third-order valence-corrected chi connectivity index (χ3v) is 4.92. The van der Waals surface area contributed by atoms with E-state index in [1.54, 1.807) is 0 Å². The lowest BCUT2D eigenvalue weighted by Gasteiger charge is -2.32. The number of likely N-dealkylation sites (tertiary alicyclic amines) is 1. The first-order valence-corrected chi connectivity index (χ1v) is 9.04. The molecule has 1 atom stereocenters. The number of nitrogens with one attached hydrogen (secondary N) is 1. The highest BCUT2D eigenvalue weighted by molar-refractivity contribution is 5.78. The van der Waals surface area contributed by atoms with Crippen LogP contribution in [0.3, 0.4) is 0 Å². The van der Waals surface area contributed by atoms with Crippen LogP contribution in [0.15, 0.2) is 30.3 Å². The van der Waals surface area contributed by atoms with Crippen LogP contribution >= 0.6 is 0 Å². The zero-order valence-corrected chi connectivity index (χ0v) is 14.3. The van der Waals surface area contributed by atoms with Gasteiger partial charge in [0.2, 0.25) is 5.91 Å². The van der Waals surface area contributed by atoms with E-state index in [0.717, 1.165) is 57.7 Å². The topological polar surface area (TPSA) is 50.8 Å². The molecule has 2 heterocycles. The second-order valence-electron chi connectivity index (χ2n) is 6.68. The molecule has 0 spiro atoms. The molecule has 0 radical (unpaired) electrons. The van der Waals surface area contributed by atoms with Crippen LogP contribution < -0.4 is 5.32 Å². The van der Waals surface area contributed by atoms with Crippen molar-refractivity contribution in [1.82, 2.24) is 10.2 Å². The molecule has 1 aromatic carbocycles. The van der Waals surface area contributed by atoms with Gasteiger partial charge in [0.05, 0.1) is 25.9 Å². The summed E-state index contributed by atoms with van der Waals surface area (Å²) in [5.41, 5.74) is 1.15. The van der Waals surface area contributed by atoms with Gasteiger partial charge < -0.3 is 19.7 Å². The largest absolute Gasteiger partial charge is 0.376 e. The molecule has 132 valence electrons. The first kappa shape index (κ1) is 17.4. The van der Waals surface area contributed by atoms with Gasteiger partial charge in [0.1, 0.15) is 0 Å². The fraction of sp³-hybridized carbons (Fsp3) is 0.632. The summed E-state index contributed by atoms with van der Waals surface area (Å²) in [6.07, 6.45) is 3.15. The molecular formula is C19H28N2O3. The predicted octanol–water partition coefficient (Wildman–Crippen LogP) is 1.82. The number of nitrogens with zero attached hydrogens (tertiary/aromatic N) is 1. The quantitative estimate of drug-likeness (QED) is 0.863. The fourth-order valence-electron chi connectivity index (χ4n) is 3.38. The predicted molar refractivity (Wildman–Crippen MR) is 92.6 cm³/mol. The molecule has 5 heteroatoms. The van der Waals surface area contributed by atoms with E-state index in [1.165, 1.54) is 0 Å². The summed E-state index contributed by atoms with van der Waals surface area (Å²) < 4.78 is 11.1. The second-order valence-corrected chi connectivity index (χ2v) is 6.68. The van der Waals surface area contributed by atoms with Gasteiger partial charge >= 0.3 is 0 Å². The normalized spacial score (nSPS) is 23.1. The molecule has 1 aromatic rings. The lowest BCUT2D eigenvalue weighted by molar-refractivity contribution is -0.126. The SMILES string of the molecule is O=C(NCc1ccccc1)C1CCN(CCC2COCCO2)CC1. The maximum absolute atomic E-state index is 12.3. The van der Waals surface area contributed by atoms with Gasteiger partial charge in [-0.2, -0.15) is 0 Å². The molecule has 2 aliphatic rings. The highest BCUT2D eigenvalue weighted by atomic mass is 16.6. The minimum Gasteiger partial charge on any atom is -0.376 e. The van der Waals surface area contributed by atoms with E-state index in [9.17, 15) is 4.79 Å². The van der Waals surface area contributed by atoms with E-state index in [-0.39, 0.29) is 17.9 Å². The summed E-state index contributed by atoms with van der Waals surface area (Å²) >= 11 is 0. The highest BCUT2D eigenvalue weighted by Crippen LogP contribution is 2.18. The monoisotopic (exact) mass is 332 g/mol. The van der Waals surface area contributed by atoms with E-state index in [0.29, 0.717) is 13.2 Å². The van der Waals surface area contributed by atoms with Gasteiger partial charge in [0.25, 0.3) is 0 Å². The van der Waals surface area contributed by atoms with Crippen LogP contribution in [0.1, 0.15) is 24.8 Å². The van der Waals surface area contributed by atoms with E-state index in [2.05, 4.69) is 10.2 Å². The van der Waals surface area contributed by atoms with Gasteiger partial charge in [0, 0.05) is 19.0 Å². The number of carbonyl (C=O) groups excluding carboxylic acids is 1. The van der Waals surface area contributed by atoms with Gasteiger partial charge in [-0.3, -0.25) is 4.79 Å². The molecule has 1 N–H and O–H groups in total. The summed E-state index contributed by atoms with van der Waals surface area (Å²) in [6, 6.07) is 10.1. The Morgan fingerprint density at radius 1 is 1.17 bits per heavy atom. The molecule has 0 bridgehead atoms. The zero-order valence-electron chi connectivity index (χ0n) is 14.3. The van der Waals surface area contributed by atoms with E-state index < -0.39 is 0 Å². The van der Waals surface area contributed by atoms with E-state index in [4.69, 9.17) is 9.47 Å². The average Bonchev–Trinajstić information content (AvgIpc) is 2.66. The van der Waals surface area contributed by atoms with Crippen molar-refractivity contribution in [2.45, 2.75) is 31.9 Å². The lowest BCUT2D eigenvalue weighted by Crippen LogP contribution is -2.42. The Morgan fingerprint density at radius 2 is 1.96 bits per heavy atom. The zero-order chi connectivity index (χ0) is 16.6. The Kier molecular flexibility index (Phi) is 6.64. The van der Waals surface area contributed by atoms with Crippen LogP contribution in [-0.4, -0.2) is 56.4 Å². The lowest BCUT2D eigenvalue weighted by atomic mass is 9.95. The number of amides is 1. The van der Waals surface area contributed by atoms with Crippen LogP contribution in [0.25, 0.3) is 0 Å². The highest BCUT2D eigenvalue weighted by Gasteiger charge is 2.25.